The highest BCUT2D eigenvalue weighted by atomic mass is 32.2. The van der Waals surface area contributed by atoms with Crippen molar-refractivity contribution >= 4 is 15.9 Å². The van der Waals surface area contributed by atoms with Crippen LogP contribution >= 0.6 is 0 Å². The number of rotatable bonds is 6. The summed E-state index contributed by atoms with van der Waals surface area (Å²) in [5.74, 6) is 0.179. The monoisotopic (exact) mass is 485 g/mol. The minimum absolute atomic E-state index is 0.0106. The van der Waals surface area contributed by atoms with Gasteiger partial charge >= 0.3 is 0 Å². The van der Waals surface area contributed by atoms with Gasteiger partial charge in [-0.2, -0.15) is 0 Å². The Morgan fingerprint density at radius 2 is 1.59 bits per heavy atom. The van der Waals surface area contributed by atoms with Gasteiger partial charge in [-0.15, -0.1) is 0 Å². The minimum Gasteiger partial charge on any atom is -0.395 e. The average Bonchev–Trinajstić information content (AvgIpc) is 2.83. The Balaban J connectivity index is 1.55. The van der Waals surface area contributed by atoms with E-state index in [4.69, 9.17) is 0 Å². The SMILES string of the molecule is CCS(=O)(=O)N1CCCCN2[C@H](CO)[C@H](c3ccc(-c4ccc(C(=O)N(C)C)cc4)cc3)[C@H]2C1. The summed E-state index contributed by atoms with van der Waals surface area (Å²) < 4.78 is 26.9. The summed E-state index contributed by atoms with van der Waals surface area (Å²) in [4.78, 5) is 16.0. The zero-order chi connectivity index (χ0) is 24.5. The molecule has 0 bridgehead atoms. The molecule has 1 N–H and O–H groups in total. The van der Waals surface area contributed by atoms with Gasteiger partial charge in [0.15, 0.2) is 0 Å². The van der Waals surface area contributed by atoms with Crippen LogP contribution in [0.3, 0.4) is 0 Å². The molecule has 2 heterocycles. The number of carbonyl (C=O) groups is 1. The van der Waals surface area contributed by atoms with Crippen LogP contribution in [0.15, 0.2) is 48.5 Å². The second-order valence-corrected chi connectivity index (χ2v) is 11.7. The Labute approximate surface area is 203 Å². The first-order valence-corrected chi connectivity index (χ1v) is 13.6. The summed E-state index contributed by atoms with van der Waals surface area (Å²) in [5, 5.41) is 10.1. The van der Waals surface area contributed by atoms with Crippen molar-refractivity contribution in [2.75, 3.05) is 46.1 Å². The van der Waals surface area contributed by atoms with Crippen LogP contribution in [0.2, 0.25) is 0 Å². The molecule has 2 aromatic carbocycles. The summed E-state index contributed by atoms with van der Waals surface area (Å²) in [6.07, 6.45) is 1.78. The number of nitrogens with zero attached hydrogens (tertiary/aromatic N) is 3. The lowest BCUT2D eigenvalue weighted by Crippen LogP contribution is -2.67. The Hall–Kier alpha value is -2.26. The standard InChI is InChI=1S/C26H35N3O4S/c1-4-34(32,33)28-15-5-6-16-29-23(17-28)25(24(29)18-30)21-11-7-19(8-12-21)20-9-13-22(14-10-20)26(31)27(2)3/h7-14,23-25,30H,4-6,15-18H2,1-3H3/t23-,24-,25-/m1/s1. The van der Waals surface area contributed by atoms with Crippen LogP contribution in [0.25, 0.3) is 11.1 Å². The fourth-order valence-electron chi connectivity index (χ4n) is 5.31. The van der Waals surface area contributed by atoms with E-state index < -0.39 is 10.0 Å². The van der Waals surface area contributed by atoms with Crippen molar-refractivity contribution in [2.45, 2.75) is 37.8 Å². The molecular formula is C26H35N3O4S. The third-order valence-corrected chi connectivity index (χ3v) is 9.11. The molecule has 2 saturated heterocycles. The summed E-state index contributed by atoms with van der Waals surface area (Å²) in [5.41, 5.74) is 3.86. The summed E-state index contributed by atoms with van der Waals surface area (Å²) in [6, 6.07) is 16.0. The van der Waals surface area contributed by atoms with Gasteiger partial charge < -0.3 is 10.0 Å². The largest absolute Gasteiger partial charge is 0.395 e. The van der Waals surface area contributed by atoms with E-state index in [1.54, 1.807) is 30.2 Å². The normalized spacial score (nSPS) is 23.9. The van der Waals surface area contributed by atoms with Crippen LogP contribution in [-0.2, 0) is 10.0 Å². The Kier molecular flexibility index (Phi) is 7.42. The van der Waals surface area contributed by atoms with Crippen LogP contribution in [-0.4, -0.2) is 91.7 Å². The number of fused-ring (bicyclic) bond motifs is 1. The average molecular weight is 486 g/mol. The van der Waals surface area contributed by atoms with Gasteiger partial charge in [0.05, 0.1) is 12.4 Å². The van der Waals surface area contributed by atoms with E-state index in [1.807, 2.05) is 24.3 Å². The van der Waals surface area contributed by atoms with Crippen LogP contribution in [0.1, 0.15) is 41.6 Å². The molecule has 2 aromatic rings. The second kappa shape index (κ2) is 10.2. The van der Waals surface area contributed by atoms with E-state index in [2.05, 4.69) is 29.2 Å². The number of carbonyl (C=O) groups excluding carboxylic acids is 1. The smallest absolute Gasteiger partial charge is 0.253 e. The van der Waals surface area contributed by atoms with Gasteiger partial charge in [0.1, 0.15) is 0 Å². The van der Waals surface area contributed by atoms with Crippen LogP contribution in [0.4, 0.5) is 0 Å². The van der Waals surface area contributed by atoms with Crippen molar-refractivity contribution < 1.29 is 18.3 Å². The molecule has 0 spiro atoms. The lowest BCUT2D eigenvalue weighted by Gasteiger charge is -2.57. The lowest BCUT2D eigenvalue weighted by molar-refractivity contribution is -0.0553. The van der Waals surface area contributed by atoms with Crippen LogP contribution in [0.5, 0.6) is 0 Å². The van der Waals surface area contributed by atoms with E-state index >= 15 is 0 Å². The quantitative estimate of drug-likeness (QED) is 0.680. The first-order valence-electron chi connectivity index (χ1n) is 12.0. The molecule has 34 heavy (non-hydrogen) atoms. The lowest BCUT2D eigenvalue weighted by atomic mass is 9.74. The van der Waals surface area contributed by atoms with E-state index in [0.29, 0.717) is 18.7 Å². The molecule has 0 aliphatic carbocycles. The zero-order valence-electron chi connectivity index (χ0n) is 20.2. The van der Waals surface area contributed by atoms with E-state index in [-0.39, 0.29) is 36.3 Å². The zero-order valence-corrected chi connectivity index (χ0v) is 21.0. The summed E-state index contributed by atoms with van der Waals surface area (Å²) >= 11 is 0. The third-order valence-electron chi connectivity index (χ3n) is 7.26. The van der Waals surface area contributed by atoms with E-state index in [1.165, 1.54) is 0 Å². The predicted octanol–water partition coefficient (Wildman–Crippen LogP) is 2.63. The molecule has 4 rings (SSSR count). The number of hydrogen-bond donors (Lipinski definition) is 1. The fraction of sp³-hybridized carbons (Fsp3) is 0.500. The van der Waals surface area contributed by atoms with Crippen LogP contribution in [0, 0.1) is 0 Å². The van der Waals surface area contributed by atoms with Gasteiger partial charge in [-0.25, -0.2) is 12.7 Å². The van der Waals surface area contributed by atoms with Gasteiger partial charge in [0, 0.05) is 50.7 Å². The van der Waals surface area contributed by atoms with Gasteiger partial charge in [0.25, 0.3) is 5.91 Å². The maximum absolute atomic E-state index is 12.6. The second-order valence-electron chi connectivity index (χ2n) is 9.45. The Morgan fingerprint density at radius 3 is 2.15 bits per heavy atom. The van der Waals surface area contributed by atoms with Crippen molar-refractivity contribution in [1.29, 1.82) is 0 Å². The summed E-state index contributed by atoms with van der Waals surface area (Å²) in [7, 11) is 0.225. The van der Waals surface area contributed by atoms with E-state index in [0.717, 1.165) is 36.1 Å². The molecule has 0 unspecified atom stereocenters. The molecule has 7 nitrogen and oxygen atoms in total. The molecule has 1 amide bonds. The Morgan fingerprint density at radius 1 is 1.00 bits per heavy atom. The number of sulfonamides is 1. The van der Waals surface area contributed by atoms with E-state index in [9.17, 15) is 18.3 Å². The highest BCUT2D eigenvalue weighted by Gasteiger charge is 2.50. The van der Waals surface area contributed by atoms with Gasteiger partial charge in [-0.3, -0.25) is 9.69 Å². The topological polar surface area (TPSA) is 81.2 Å². The Bertz CT molecular complexity index is 1100. The minimum atomic E-state index is -3.25. The maximum atomic E-state index is 12.6. The predicted molar refractivity (Wildman–Crippen MR) is 134 cm³/mol. The van der Waals surface area contributed by atoms with Crippen molar-refractivity contribution in [2.24, 2.45) is 0 Å². The maximum Gasteiger partial charge on any atom is 0.253 e. The molecule has 0 aromatic heterocycles. The number of amides is 1. The number of aliphatic hydroxyl groups excluding tert-OH is 1. The van der Waals surface area contributed by atoms with Crippen molar-refractivity contribution in [3.8, 4) is 11.1 Å². The van der Waals surface area contributed by atoms with Gasteiger partial charge in [0.2, 0.25) is 10.0 Å². The number of hydrogen-bond acceptors (Lipinski definition) is 5. The van der Waals surface area contributed by atoms with Crippen molar-refractivity contribution in [3.63, 3.8) is 0 Å². The third kappa shape index (κ3) is 4.77. The van der Waals surface area contributed by atoms with Crippen molar-refractivity contribution in [3.05, 3.63) is 59.7 Å². The first-order chi connectivity index (χ1) is 16.3. The molecule has 2 aliphatic rings. The highest BCUT2D eigenvalue weighted by Crippen LogP contribution is 2.42. The molecule has 0 radical (unpaired) electrons. The molecule has 8 heteroatoms. The highest BCUT2D eigenvalue weighted by molar-refractivity contribution is 7.89. The molecule has 2 fully saturated rings. The first kappa shape index (κ1) is 24.9. The van der Waals surface area contributed by atoms with Crippen LogP contribution < -0.4 is 0 Å². The fourth-order valence-corrected chi connectivity index (χ4v) is 6.46. The number of aliphatic hydroxyl groups is 1. The molecule has 2 aliphatic heterocycles. The summed E-state index contributed by atoms with van der Waals surface area (Å²) in [6.45, 7) is 3.69. The van der Waals surface area contributed by atoms with Gasteiger partial charge in [-0.1, -0.05) is 36.4 Å². The molecule has 0 saturated carbocycles. The van der Waals surface area contributed by atoms with Crippen molar-refractivity contribution in [1.82, 2.24) is 14.1 Å². The number of benzene rings is 2. The van der Waals surface area contributed by atoms with Gasteiger partial charge in [-0.05, 0) is 55.1 Å². The molecular weight excluding hydrogens is 450 g/mol. The molecule has 184 valence electrons. The molecule has 3 atom stereocenters.